The predicted octanol–water partition coefficient (Wildman–Crippen LogP) is 2.07. The van der Waals surface area contributed by atoms with Crippen LogP contribution in [0.3, 0.4) is 0 Å². The molecule has 0 saturated carbocycles. The highest BCUT2D eigenvalue weighted by Crippen LogP contribution is 2.18. The maximum absolute atomic E-state index is 13.1. The first-order valence-corrected chi connectivity index (χ1v) is 7.00. The van der Waals surface area contributed by atoms with Gasteiger partial charge >= 0.3 is 0 Å². The Morgan fingerprint density at radius 3 is 2.74 bits per heavy atom. The lowest BCUT2D eigenvalue weighted by atomic mass is 10.2. The zero-order valence-corrected chi connectivity index (χ0v) is 10.6. The van der Waals surface area contributed by atoms with Crippen molar-refractivity contribution in [3.8, 4) is 6.07 Å². The van der Waals surface area contributed by atoms with Gasteiger partial charge in [0.1, 0.15) is 17.6 Å². The average molecular weight is 276 g/mol. The molecule has 0 aliphatic heterocycles. The van der Waals surface area contributed by atoms with Crippen LogP contribution in [0.25, 0.3) is 0 Å². The van der Waals surface area contributed by atoms with Gasteiger partial charge in [-0.1, -0.05) is 12.1 Å². The summed E-state index contributed by atoms with van der Waals surface area (Å²) in [7, 11) is -3.70. The number of hydrogen-bond acceptors (Lipinski definition) is 4. The minimum atomic E-state index is -3.70. The molecule has 0 fully saturated rings. The monoisotopic (exact) mass is 276 g/mol. The summed E-state index contributed by atoms with van der Waals surface area (Å²) < 4.78 is 37.3. The zero-order valence-electron chi connectivity index (χ0n) is 9.75. The maximum atomic E-state index is 13.1. The molecule has 0 spiro atoms. The van der Waals surface area contributed by atoms with E-state index in [1.165, 1.54) is 30.5 Å². The van der Waals surface area contributed by atoms with Crippen molar-refractivity contribution >= 4 is 9.84 Å². The first-order chi connectivity index (χ1) is 9.03. The molecule has 0 N–H and O–H groups in total. The molecule has 1 heterocycles. The van der Waals surface area contributed by atoms with E-state index in [0.717, 1.165) is 6.07 Å². The van der Waals surface area contributed by atoms with Crippen LogP contribution < -0.4 is 0 Å². The van der Waals surface area contributed by atoms with Crippen LogP contribution in [0, 0.1) is 17.1 Å². The van der Waals surface area contributed by atoms with Crippen LogP contribution in [-0.4, -0.2) is 13.4 Å². The third-order valence-electron chi connectivity index (χ3n) is 2.50. The highest BCUT2D eigenvalue weighted by molar-refractivity contribution is 7.90. The molecule has 1 aromatic heterocycles. The molecule has 0 saturated heterocycles. The van der Waals surface area contributed by atoms with E-state index in [4.69, 9.17) is 5.26 Å². The average Bonchev–Trinajstić information content (AvgIpc) is 2.39. The number of hydrogen-bond donors (Lipinski definition) is 0. The van der Waals surface area contributed by atoms with Crippen molar-refractivity contribution in [3.05, 3.63) is 59.7 Å². The van der Waals surface area contributed by atoms with Crippen LogP contribution in [0.5, 0.6) is 0 Å². The molecule has 19 heavy (non-hydrogen) atoms. The summed E-state index contributed by atoms with van der Waals surface area (Å²) in [6, 6.07) is 9.68. The quantitative estimate of drug-likeness (QED) is 0.860. The van der Waals surface area contributed by atoms with E-state index in [9.17, 15) is 12.8 Å². The number of nitriles is 1. The topological polar surface area (TPSA) is 70.8 Å². The SMILES string of the molecule is N#Cc1ncccc1CS(=O)(=O)c1cccc(F)c1. The predicted molar refractivity (Wildman–Crippen MR) is 66.2 cm³/mol. The Kier molecular flexibility index (Phi) is 3.58. The van der Waals surface area contributed by atoms with Crippen molar-refractivity contribution in [2.24, 2.45) is 0 Å². The Morgan fingerprint density at radius 1 is 1.26 bits per heavy atom. The second-order valence-electron chi connectivity index (χ2n) is 3.84. The van der Waals surface area contributed by atoms with Crippen LogP contribution in [0.1, 0.15) is 11.3 Å². The Balaban J connectivity index is 2.40. The van der Waals surface area contributed by atoms with Crippen LogP contribution in [-0.2, 0) is 15.6 Å². The van der Waals surface area contributed by atoms with E-state index < -0.39 is 15.7 Å². The molecule has 0 amide bonds. The van der Waals surface area contributed by atoms with Crippen LogP contribution in [0.15, 0.2) is 47.5 Å². The molecule has 0 radical (unpaired) electrons. The number of halogens is 1. The van der Waals surface area contributed by atoms with Gasteiger partial charge in [0.15, 0.2) is 9.84 Å². The number of nitrogens with zero attached hydrogens (tertiary/aromatic N) is 2. The molecular weight excluding hydrogens is 267 g/mol. The molecule has 2 aromatic rings. The summed E-state index contributed by atoms with van der Waals surface area (Å²) in [6.45, 7) is 0. The van der Waals surface area contributed by atoms with E-state index in [-0.39, 0.29) is 16.3 Å². The van der Waals surface area contributed by atoms with Gasteiger partial charge in [-0.2, -0.15) is 5.26 Å². The third kappa shape index (κ3) is 2.95. The first kappa shape index (κ1) is 13.2. The molecule has 0 unspecified atom stereocenters. The fourth-order valence-electron chi connectivity index (χ4n) is 1.60. The molecular formula is C13H9FN2O2S. The van der Waals surface area contributed by atoms with E-state index in [1.54, 1.807) is 6.07 Å². The summed E-state index contributed by atoms with van der Waals surface area (Å²) in [5, 5.41) is 8.86. The van der Waals surface area contributed by atoms with Crippen molar-refractivity contribution in [1.29, 1.82) is 5.26 Å². The van der Waals surface area contributed by atoms with Crippen molar-refractivity contribution in [2.45, 2.75) is 10.6 Å². The minimum Gasteiger partial charge on any atom is -0.245 e. The Morgan fingerprint density at radius 2 is 2.05 bits per heavy atom. The molecule has 1 aromatic carbocycles. The lowest BCUT2D eigenvalue weighted by molar-refractivity contribution is 0.590. The molecule has 2 rings (SSSR count). The number of aromatic nitrogens is 1. The van der Waals surface area contributed by atoms with E-state index in [0.29, 0.717) is 5.56 Å². The molecule has 0 aliphatic rings. The van der Waals surface area contributed by atoms with Crippen molar-refractivity contribution < 1.29 is 12.8 Å². The summed E-state index contributed by atoms with van der Waals surface area (Å²) in [5.74, 6) is -1.000. The highest BCUT2D eigenvalue weighted by atomic mass is 32.2. The summed E-state index contributed by atoms with van der Waals surface area (Å²) in [6.07, 6.45) is 1.41. The van der Waals surface area contributed by atoms with E-state index in [1.807, 2.05) is 6.07 Å². The Bertz CT molecular complexity index is 751. The molecule has 0 aliphatic carbocycles. The molecule has 6 heteroatoms. The minimum absolute atomic E-state index is 0.0579. The number of sulfone groups is 1. The van der Waals surface area contributed by atoms with Crippen LogP contribution in [0.2, 0.25) is 0 Å². The van der Waals surface area contributed by atoms with Gasteiger partial charge in [-0.25, -0.2) is 17.8 Å². The fraction of sp³-hybridized carbons (Fsp3) is 0.0769. The van der Waals surface area contributed by atoms with Crippen LogP contribution >= 0.6 is 0 Å². The molecule has 96 valence electrons. The van der Waals surface area contributed by atoms with E-state index >= 15 is 0 Å². The second kappa shape index (κ2) is 5.16. The fourth-order valence-corrected chi connectivity index (χ4v) is 2.99. The van der Waals surface area contributed by atoms with Crippen molar-refractivity contribution in [3.63, 3.8) is 0 Å². The largest absolute Gasteiger partial charge is 0.245 e. The van der Waals surface area contributed by atoms with Gasteiger partial charge in [0.25, 0.3) is 0 Å². The zero-order chi connectivity index (χ0) is 13.9. The molecule has 0 bridgehead atoms. The standard InChI is InChI=1S/C13H9FN2O2S/c14-11-4-1-5-12(7-11)19(17,18)9-10-3-2-6-16-13(10)8-15/h1-7H,9H2. The lowest BCUT2D eigenvalue weighted by Gasteiger charge is -2.05. The summed E-state index contributed by atoms with van der Waals surface area (Å²) >= 11 is 0. The van der Waals surface area contributed by atoms with Gasteiger partial charge in [0, 0.05) is 11.8 Å². The van der Waals surface area contributed by atoms with E-state index in [2.05, 4.69) is 4.98 Å². The van der Waals surface area contributed by atoms with Crippen molar-refractivity contribution in [2.75, 3.05) is 0 Å². The number of rotatable bonds is 3. The third-order valence-corrected chi connectivity index (χ3v) is 4.16. The number of pyridine rings is 1. The molecule has 0 atom stereocenters. The van der Waals surface area contributed by atoms with Gasteiger partial charge in [0.05, 0.1) is 10.6 Å². The maximum Gasteiger partial charge on any atom is 0.182 e. The highest BCUT2D eigenvalue weighted by Gasteiger charge is 2.18. The van der Waals surface area contributed by atoms with Gasteiger partial charge in [0.2, 0.25) is 0 Å². The Hall–Kier alpha value is -2.26. The summed E-state index contributed by atoms with van der Waals surface area (Å²) in [4.78, 5) is 3.68. The number of benzene rings is 1. The Labute approximate surface area is 110 Å². The first-order valence-electron chi connectivity index (χ1n) is 5.35. The van der Waals surface area contributed by atoms with Crippen LogP contribution in [0.4, 0.5) is 4.39 Å². The van der Waals surface area contributed by atoms with Crippen molar-refractivity contribution in [1.82, 2.24) is 4.98 Å². The van der Waals surface area contributed by atoms with Gasteiger partial charge in [-0.3, -0.25) is 0 Å². The van der Waals surface area contributed by atoms with Gasteiger partial charge in [-0.15, -0.1) is 0 Å². The van der Waals surface area contributed by atoms with Gasteiger partial charge < -0.3 is 0 Å². The second-order valence-corrected chi connectivity index (χ2v) is 5.83. The van der Waals surface area contributed by atoms with Gasteiger partial charge in [-0.05, 0) is 24.3 Å². The summed E-state index contributed by atoms with van der Waals surface area (Å²) in [5.41, 5.74) is 0.358. The molecule has 4 nitrogen and oxygen atoms in total. The smallest absolute Gasteiger partial charge is 0.182 e. The lowest BCUT2D eigenvalue weighted by Crippen LogP contribution is -2.07. The normalized spacial score (nSPS) is 10.9.